The molecule has 1 nitrogen and oxygen atoms in total. The Morgan fingerprint density at radius 3 is 2.50 bits per heavy atom. The lowest BCUT2D eigenvalue weighted by Gasteiger charge is -2.22. The van der Waals surface area contributed by atoms with E-state index < -0.39 is 0 Å². The van der Waals surface area contributed by atoms with Crippen molar-refractivity contribution >= 4 is 0 Å². The summed E-state index contributed by atoms with van der Waals surface area (Å²) in [6.07, 6.45) is 3.78. The molecule has 0 spiro atoms. The molecule has 0 amide bonds. The number of benzene rings is 2. The van der Waals surface area contributed by atoms with Gasteiger partial charge in [-0.15, -0.1) is 0 Å². The monoisotopic (exact) mass is 266 g/mol. The molecule has 1 atom stereocenters. The van der Waals surface area contributed by atoms with E-state index in [1.807, 2.05) is 6.92 Å². The van der Waals surface area contributed by atoms with E-state index in [-0.39, 0.29) is 0 Å². The highest BCUT2D eigenvalue weighted by atomic mass is 16.5. The van der Waals surface area contributed by atoms with Gasteiger partial charge in [-0.2, -0.15) is 0 Å². The zero-order valence-corrected chi connectivity index (χ0v) is 12.4. The quantitative estimate of drug-likeness (QED) is 0.769. The highest BCUT2D eigenvalue weighted by molar-refractivity contribution is 5.65. The molecule has 2 aromatic rings. The van der Waals surface area contributed by atoms with Gasteiger partial charge in [-0.1, -0.05) is 37.3 Å². The zero-order valence-electron chi connectivity index (χ0n) is 12.4. The van der Waals surface area contributed by atoms with Crippen molar-refractivity contribution in [3.8, 4) is 16.9 Å². The molecular formula is C19H22O. The molecule has 0 aromatic heterocycles. The third-order valence-electron chi connectivity index (χ3n) is 4.18. The van der Waals surface area contributed by atoms with Gasteiger partial charge in [0.15, 0.2) is 0 Å². The van der Waals surface area contributed by atoms with Crippen molar-refractivity contribution in [1.82, 2.24) is 0 Å². The molecule has 0 fully saturated rings. The molecule has 0 bridgehead atoms. The van der Waals surface area contributed by atoms with Crippen molar-refractivity contribution in [1.29, 1.82) is 0 Å². The summed E-state index contributed by atoms with van der Waals surface area (Å²) in [5.41, 5.74) is 5.67. The van der Waals surface area contributed by atoms with Crippen molar-refractivity contribution in [3.63, 3.8) is 0 Å². The van der Waals surface area contributed by atoms with Crippen LogP contribution in [0.25, 0.3) is 11.1 Å². The van der Waals surface area contributed by atoms with Crippen LogP contribution in [0.1, 0.15) is 31.4 Å². The fourth-order valence-electron chi connectivity index (χ4n) is 3.03. The number of hydrogen-bond donors (Lipinski definition) is 0. The predicted molar refractivity (Wildman–Crippen MR) is 84.2 cm³/mol. The van der Waals surface area contributed by atoms with Crippen LogP contribution in [0.15, 0.2) is 42.5 Å². The minimum absolute atomic E-state index is 0.719. The highest BCUT2D eigenvalue weighted by Gasteiger charge is 2.15. The molecule has 0 saturated heterocycles. The molecule has 3 rings (SSSR count). The van der Waals surface area contributed by atoms with Crippen LogP contribution < -0.4 is 4.74 Å². The first kappa shape index (κ1) is 13.2. The van der Waals surface area contributed by atoms with E-state index in [0.29, 0.717) is 0 Å². The third-order valence-corrected chi connectivity index (χ3v) is 4.18. The summed E-state index contributed by atoms with van der Waals surface area (Å²) in [7, 11) is 0. The molecule has 0 N–H and O–H groups in total. The second kappa shape index (κ2) is 5.70. The zero-order chi connectivity index (χ0) is 13.9. The van der Waals surface area contributed by atoms with Crippen molar-refractivity contribution in [2.45, 2.75) is 33.1 Å². The SMILES string of the molecule is CCOc1ccc(-c2ccc3c(c2)CCC(C)C3)cc1. The first-order valence-electron chi connectivity index (χ1n) is 7.61. The van der Waals surface area contributed by atoms with E-state index in [9.17, 15) is 0 Å². The van der Waals surface area contributed by atoms with Crippen LogP contribution in [0.3, 0.4) is 0 Å². The largest absolute Gasteiger partial charge is 0.494 e. The molecule has 1 heteroatoms. The molecule has 0 aliphatic heterocycles. The smallest absolute Gasteiger partial charge is 0.119 e. The number of fused-ring (bicyclic) bond motifs is 1. The van der Waals surface area contributed by atoms with Crippen LogP contribution >= 0.6 is 0 Å². The third kappa shape index (κ3) is 2.72. The molecule has 1 unspecified atom stereocenters. The standard InChI is InChI=1S/C19H22O/c1-3-20-19-10-8-15(9-11-19)17-7-6-16-12-14(2)4-5-18(16)13-17/h6-11,13-14H,3-5,12H2,1-2H3. The lowest BCUT2D eigenvalue weighted by Crippen LogP contribution is -2.11. The van der Waals surface area contributed by atoms with Gasteiger partial charge in [-0.25, -0.2) is 0 Å². The molecule has 20 heavy (non-hydrogen) atoms. The number of hydrogen-bond acceptors (Lipinski definition) is 1. The van der Waals surface area contributed by atoms with Gasteiger partial charge >= 0.3 is 0 Å². The van der Waals surface area contributed by atoms with Crippen LogP contribution in [0.2, 0.25) is 0 Å². The Morgan fingerprint density at radius 1 is 1.00 bits per heavy atom. The molecule has 1 aliphatic carbocycles. The van der Waals surface area contributed by atoms with Gasteiger partial charge in [0.1, 0.15) is 5.75 Å². The predicted octanol–water partition coefficient (Wildman–Crippen LogP) is 4.88. The van der Waals surface area contributed by atoms with Crippen molar-refractivity contribution in [3.05, 3.63) is 53.6 Å². The lowest BCUT2D eigenvalue weighted by molar-refractivity contribution is 0.340. The van der Waals surface area contributed by atoms with E-state index >= 15 is 0 Å². The summed E-state index contributed by atoms with van der Waals surface area (Å²) in [6, 6.07) is 15.4. The van der Waals surface area contributed by atoms with E-state index in [4.69, 9.17) is 4.74 Å². The Bertz CT molecular complexity index is 583. The first-order valence-corrected chi connectivity index (χ1v) is 7.61. The molecule has 2 aromatic carbocycles. The van der Waals surface area contributed by atoms with Crippen LogP contribution in [0.4, 0.5) is 0 Å². The van der Waals surface area contributed by atoms with Crippen LogP contribution in [-0.2, 0) is 12.8 Å². The molecule has 0 radical (unpaired) electrons. The van der Waals surface area contributed by atoms with E-state index in [2.05, 4.69) is 49.4 Å². The maximum atomic E-state index is 5.50. The highest BCUT2D eigenvalue weighted by Crippen LogP contribution is 2.30. The summed E-state index contributed by atoms with van der Waals surface area (Å²) < 4.78 is 5.50. The first-order chi connectivity index (χ1) is 9.76. The van der Waals surface area contributed by atoms with Gasteiger partial charge < -0.3 is 4.74 Å². The summed E-state index contributed by atoms with van der Waals surface area (Å²) in [5.74, 6) is 1.78. The molecule has 104 valence electrons. The maximum absolute atomic E-state index is 5.50. The topological polar surface area (TPSA) is 9.23 Å². The Kier molecular flexibility index (Phi) is 3.77. The summed E-state index contributed by atoms with van der Waals surface area (Å²) in [5, 5.41) is 0. The average molecular weight is 266 g/mol. The van der Waals surface area contributed by atoms with E-state index in [0.717, 1.165) is 18.3 Å². The summed E-state index contributed by atoms with van der Waals surface area (Å²) in [6.45, 7) is 5.08. The number of ether oxygens (including phenoxy) is 1. The van der Waals surface area contributed by atoms with Gasteiger partial charge in [-0.3, -0.25) is 0 Å². The second-order valence-electron chi connectivity index (χ2n) is 5.79. The van der Waals surface area contributed by atoms with Crippen molar-refractivity contribution < 1.29 is 4.74 Å². The molecule has 1 aliphatic rings. The number of aryl methyl sites for hydroxylation is 1. The maximum Gasteiger partial charge on any atom is 0.119 e. The Morgan fingerprint density at radius 2 is 1.75 bits per heavy atom. The van der Waals surface area contributed by atoms with Crippen LogP contribution in [0.5, 0.6) is 5.75 Å². The van der Waals surface area contributed by atoms with Gasteiger partial charge in [-0.05, 0) is 66.5 Å². The molecule has 0 heterocycles. The Balaban J connectivity index is 1.87. The second-order valence-corrected chi connectivity index (χ2v) is 5.79. The Labute approximate surface area is 121 Å². The van der Waals surface area contributed by atoms with Crippen LogP contribution in [-0.4, -0.2) is 6.61 Å². The van der Waals surface area contributed by atoms with Crippen molar-refractivity contribution in [2.24, 2.45) is 5.92 Å². The van der Waals surface area contributed by atoms with Gasteiger partial charge in [0, 0.05) is 0 Å². The minimum atomic E-state index is 0.719. The van der Waals surface area contributed by atoms with Gasteiger partial charge in [0.05, 0.1) is 6.61 Å². The molecule has 0 saturated carbocycles. The molecular weight excluding hydrogens is 244 g/mol. The van der Waals surface area contributed by atoms with Crippen LogP contribution in [0, 0.1) is 5.92 Å². The lowest BCUT2D eigenvalue weighted by atomic mass is 9.83. The van der Waals surface area contributed by atoms with E-state index in [1.165, 1.54) is 36.0 Å². The normalized spacial score (nSPS) is 17.6. The number of rotatable bonds is 3. The average Bonchev–Trinajstić information content (AvgIpc) is 2.48. The van der Waals surface area contributed by atoms with E-state index in [1.54, 1.807) is 5.56 Å². The van der Waals surface area contributed by atoms with Gasteiger partial charge in [0.2, 0.25) is 0 Å². The summed E-state index contributed by atoms with van der Waals surface area (Å²) >= 11 is 0. The fraction of sp³-hybridized carbons (Fsp3) is 0.368. The summed E-state index contributed by atoms with van der Waals surface area (Å²) in [4.78, 5) is 0. The fourth-order valence-corrected chi connectivity index (χ4v) is 3.03. The van der Waals surface area contributed by atoms with Gasteiger partial charge in [0.25, 0.3) is 0 Å². The minimum Gasteiger partial charge on any atom is -0.494 e. The van der Waals surface area contributed by atoms with Crippen molar-refractivity contribution in [2.75, 3.05) is 6.61 Å². The Hall–Kier alpha value is -1.76.